The zero-order valence-electron chi connectivity index (χ0n) is 19.2. The maximum absolute atomic E-state index is 12.2. The molecule has 2 heterocycles. The molecule has 0 saturated carbocycles. The van der Waals surface area contributed by atoms with E-state index in [4.69, 9.17) is 5.11 Å². The lowest BCUT2D eigenvalue weighted by Gasteiger charge is -2.34. The fourth-order valence-corrected chi connectivity index (χ4v) is 3.94. The first kappa shape index (κ1) is 23.5. The molecule has 172 valence electrons. The van der Waals surface area contributed by atoms with Crippen LogP contribution in [0.4, 0.5) is 5.69 Å². The number of rotatable bonds is 6. The summed E-state index contributed by atoms with van der Waals surface area (Å²) < 4.78 is 0. The van der Waals surface area contributed by atoms with Gasteiger partial charge in [0.1, 0.15) is 12.4 Å². The normalized spacial score (nSPS) is 14.9. The van der Waals surface area contributed by atoms with Gasteiger partial charge in [0.15, 0.2) is 11.4 Å². The highest BCUT2D eigenvalue weighted by Crippen LogP contribution is 2.29. The number of piperidine rings is 1. The molecule has 1 aliphatic rings. The minimum Gasteiger partial charge on any atom is -0.504 e. The molecule has 0 atom stereocenters. The summed E-state index contributed by atoms with van der Waals surface area (Å²) in [4.78, 5) is 33.9. The van der Waals surface area contributed by atoms with Crippen LogP contribution in [-0.4, -0.2) is 51.7 Å². The second kappa shape index (κ2) is 9.54. The van der Waals surface area contributed by atoms with Crippen LogP contribution in [0.1, 0.15) is 61.2 Å². The van der Waals surface area contributed by atoms with E-state index in [-0.39, 0.29) is 16.9 Å². The molecule has 1 aromatic heterocycles. The van der Waals surface area contributed by atoms with Crippen molar-refractivity contribution >= 4 is 17.6 Å². The predicted octanol–water partition coefficient (Wildman–Crippen LogP) is 3.06. The van der Waals surface area contributed by atoms with Crippen LogP contribution in [0.25, 0.3) is 0 Å². The van der Waals surface area contributed by atoms with E-state index in [0.717, 1.165) is 25.9 Å². The van der Waals surface area contributed by atoms with Gasteiger partial charge >= 0.3 is 5.97 Å². The molecule has 2 aromatic rings. The zero-order chi connectivity index (χ0) is 23.5. The van der Waals surface area contributed by atoms with Gasteiger partial charge in [-0.1, -0.05) is 32.9 Å². The van der Waals surface area contributed by atoms with Crippen LogP contribution >= 0.6 is 0 Å². The number of nitrogens with zero attached hydrogens (tertiary/aromatic N) is 3. The molecule has 3 N–H and O–H groups in total. The number of hydrogen-bond acceptors (Lipinski definition) is 6. The quantitative estimate of drug-likeness (QED) is 0.632. The molecule has 1 saturated heterocycles. The third-order valence-corrected chi connectivity index (χ3v) is 5.90. The van der Waals surface area contributed by atoms with Crippen LogP contribution in [0.2, 0.25) is 0 Å². The van der Waals surface area contributed by atoms with E-state index in [9.17, 15) is 14.7 Å². The Morgan fingerprint density at radius 1 is 1.12 bits per heavy atom. The Kier molecular flexibility index (Phi) is 7.01. The van der Waals surface area contributed by atoms with E-state index in [1.165, 1.54) is 11.3 Å². The Bertz CT molecular complexity index is 975. The number of carboxylic acids is 1. The molecule has 0 radical (unpaired) electrons. The van der Waals surface area contributed by atoms with Gasteiger partial charge in [-0.15, -0.1) is 0 Å². The number of hydrogen-bond donors (Lipinski definition) is 3. The Morgan fingerprint density at radius 3 is 2.31 bits per heavy atom. The number of carbonyl (C=O) groups is 2. The van der Waals surface area contributed by atoms with Crippen LogP contribution in [0.3, 0.4) is 0 Å². The van der Waals surface area contributed by atoms with Crippen molar-refractivity contribution in [3.05, 3.63) is 47.0 Å². The van der Waals surface area contributed by atoms with Crippen molar-refractivity contribution in [1.29, 1.82) is 0 Å². The average Bonchev–Trinajstić information content (AvgIpc) is 2.74. The molecule has 0 spiro atoms. The van der Waals surface area contributed by atoms with Crippen molar-refractivity contribution in [3.63, 3.8) is 0 Å². The van der Waals surface area contributed by atoms with Crippen molar-refractivity contribution in [2.24, 2.45) is 5.92 Å². The number of nitrogens with one attached hydrogen (secondary N) is 1. The number of anilines is 1. The molecule has 1 amide bonds. The van der Waals surface area contributed by atoms with Crippen LogP contribution in [-0.2, 0) is 16.6 Å². The molecule has 1 fully saturated rings. The Labute approximate surface area is 188 Å². The number of carbonyl (C=O) groups excluding carboxylic acids is 1. The summed E-state index contributed by atoms with van der Waals surface area (Å²) >= 11 is 0. The third kappa shape index (κ3) is 5.75. The standard InChI is InChI=1S/C24H32N4O4/c1-15-22(31)21(23(32)25-14-20(29)30)27-19(26-15)13-16-9-11-28(12-10-16)18-7-5-17(6-8-18)24(2,3)4/h5-8,16,31H,9-14H2,1-4H3,(H,25,32)(H,29,30). The van der Waals surface area contributed by atoms with Crippen LogP contribution in [0, 0.1) is 12.8 Å². The van der Waals surface area contributed by atoms with Gasteiger partial charge in [-0.05, 0) is 48.8 Å². The van der Waals surface area contributed by atoms with Crippen molar-refractivity contribution in [2.45, 2.75) is 52.4 Å². The highest BCUT2D eigenvalue weighted by Gasteiger charge is 2.24. The van der Waals surface area contributed by atoms with Gasteiger partial charge in [-0.25, -0.2) is 9.97 Å². The van der Waals surface area contributed by atoms with Crippen molar-refractivity contribution in [1.82, 2.24) is 15.3 Å². The molecule has 0 aliphatic carbocycles. The highest BCUT2D eigenvalue weighted by molar-refractivity contribution is 5.96. The van der Waals surface area contributed by atoms with Gasteiger partial charge in [0.2, 0.25) is 0 Å². The van der Waals surface area contributed by atoms with Crippen LogP contribution < -0.4 is 10.2 Å². The number of amides is 1. The predicted molar refractivity (Wildman–Crippen MR) is 122 cm³/mol. The monoisotopic (exact) mass is 440 g/mol. The number of aromatic hydroxyl groups is 1. The fourth-order valence-electron chi connectivity index (χ4n) is 3.94. The lowest BCUT2D eigenvalue weighted by molar-refractivity contribution is -0.135. The topological polar surface area (TPSA) is 116 Å². The Morgan fingerprint density at radius 2 is 1.75 bits per heavy atom. The molecule has 3 rings (SSSR count). The summed E-state index contributed by atoms with van der Waals surface area (Å²) in [7, 11) is 0. The Hall–Kier alpha value is -3.16. The van der Waals surface area contributed by atoms with Gasteiger partial charge in [-0.2, -0.15) is 0 Å². The Balaban J connectivity index is 1.62. The first-order valence-electron chi connectivity index (χ1n) is 11.0. The summed E-state index contributed by atoms with van der Waals surface area (Å²) in [5.74, 6) is -1.33. The lowest BCUT2D eigenvalue weighted by Crippen LogP contribution is -2.34. The number of aliphatic carboxylic acids is 1. The van der Waals surface area contributed by atoms with E-state index in [0.29, 0.717) is 23.9 Å². The number of benzene rings is 1. The maximum atomic E-state index is 12.2. The minimum absolute atomic E-state index is 0.136. The summed E-state index contributed by atoms with van der Waals surface area (Å²) in [6.45, 7) is 9.57. The SMILES string of the molecule is Cc1nc(CC2CCN(c3ccc(C(C)(C)C)cc3)CC2)nc(C(=O)NCC(=O)O)c1O. The fraction of sp³-hybridized carbons (Fsp3) is 0.500. The van der Waals surface area contributed by atoms with Crippen LogP contribution in [0.15, 0.2) is 24.3 Å². The van der Waals surface area contributed by atoms with E-state index in [1.807, 2.05) is 0 Å². The maximum Gasteiger partial charge on any atom is 0.322 e. The second-order valence-electron chi connectivity index (χ2n) is 9.43. The van der Waals surface area contributed by atoms with Crippen molar-refractivity contribution in [2.75, 3.05) is 24.5 Å². The van der Waals surface area contributed by atoms with E-state index in [1.54, 1.807) is 6.92 Å². The minimum atomic E-state index is -1.16. The number of aromatic nitrogens is 2. The smallest absolute Gasteiger partial charge is 0.322 e. The van der Waals surface area contributed by atoms with Gasteiger partial charge in [-0.3, -0.25) is 9.59 Å². The average molecular weight is 441 g/mol. The molecule has 8 nitrogen and oxygen atoms in total. The molecular weight excluding hydrogens is 408 g/mol. The second-order valence-corrected chi connectivity index (χ2v) is 9.43. The molecule has 32 heavy (non-hydrogen) atoms. The molecule has 0 bridgehead atoms. The van der Waals surface area contributed by atoms with Crippen molar-refractivity contribution < 1.29 is 19.8 Å². The zero-order valence-corrected chi connectivity index (χ0v) is 19.2. The van der Waals surface area contributed by atoms with E-state index < -0.39 is 18.4 Å². The molecule has 0 unspecified atom stereocenters. The summed E-state index contributed by atoms with van der Waals surface area (Å²) in [5.41, 5.74) is 2.82. The lowest BCUT2D eigenvalue weighted by atomic mass is 9.87. The molecule has 1 aromatic carbocycles. The van der Waals surface area contributed by atoms with Gasteiger partial charge < -0.3 is 20.4 Å². The first-order valence-corrected chi connectivity index (χ1v) is 11.0. The first-order chi connectivity index (χ1) is 15.0. The van der Waals surface area contributed by atoms with Gasteiger partial charge in [0, 0.05) is 25.2 Å². The third-order valence-electron chi connectivity index (χ3n) is 5.90. The van der Waals surface area contributed by atoms with Gasteiger partial charge in [0.25, 0.3) is 5.91 Å². The summed E-state index contributed by atoms with van der Waals surface area (Å²) in [6.07, 6.45) is 2.56. The summed E-state index contributed by atoms with van der Waals surface area (Å²) in [6, 6.07) is 8.78. The number of aryl methyl sites for hydroxylation is 1. The molecule has 8 heteroatoms. The van der Waals surface area contributed by atoms with Crippen LogP contribution in [0.5, 0.6) is 5.75 Å². The summed E-state index contributed by atoms with van der Waals surface area (Å²) in [5, 5.41) is 21.1. The number of carboxylic acid groups (broad SMARTS) is 1. The van der Waals surface area contributed by atoms with Crippen molar-refractivity contribution in [3.8, 4) is 5.75 Å². The highest BCUT2D eigenvalue weighted by atomic mass is 16.4. The van der Waals surface area contributed by atoms with E-state index in [2.05, 4.69) is 65.2 Å². The molecular formula is C24H32N4O4. The molecule has 1 aliphatic heterocycles. The largest absolute Gasteiger partial charge is 0.504 e. The van der Waals surface area contributed by atoms with Gasteiger partial charge in [0.05, 0.1) is 5.69 Å². The van der Waals surface area contributed by atoms with E-state index >= 15 is 0 Å².